The molecule has 0 aromatic carbocycles. The molecule has 2 nitrogen and oxygen atoms in total. The fraction of sp³-hybridized carbons (Fsp3) is 0.700. The lowest BCUT2D eigenvalue weighted by atomic mass is 9.84. The van der Waals surface area contributed by atoms with E-state index in [-0.39, 0.29) is 5.92 Å². The van der Waals surface area contributed by atoms with E-state index in [4.69, 9.17) is 6.42 Å². The lowest BCUT2D eigenvalue weighted by Crippen LogP contribution is -2.47. The molecule has 0 aromatic rings. The van der Waals surface area contributed by atoms with Gasteiger partial charge in [-0.2, -0.15) is 0 Å². The molecule has 1 atom stereocenters. The number of Topliss-reactive ketones (excluding diaryl/α,β-unsaturated/α-hetero) is 1. The number of carbonyl (C=O) groups is 1. The Morgan fingerprint density at radius 3 is 2.83 bits per heavy atom. The quantitative estimate of drug-likeness (QED) is 0.625. The maximum Gasteiger partial charge on any atom is 0.137 e. The predicted octanol–water partition coefficient (Wildman–Crippen LogP) is 0.824. The fourth-order valence-electron chi connectivity index (χ4n) is 1.35. The summed E-state index contributed by atoms with van der Waals surface area (Å²) in [5, 5.41) is 3.16. The molecule has 1 rings (SSSR count). The van der Waals surface area contributed by atoms with Gasteiger partial charge in [0.2, 0.25) is 0 Å². The third kappa shape index (κ3) is 2.09. The van der Waals surface area contributed by atoms with E-state index in [0.29, 0.717) is 24.5 Å². The first-order valence-corrected chi connectivity index (χ1v) is 4.42. The molecule has 66 valence electrons. The maximum absolute atomic E-state index is 11.4. The average Bonchev–Trinajstić information content (AvgIpc) is 1.96. The van der Waals surface area contributed by atoms with E-state index >= 15 is 0 Å². The van der Waals surface area contributed by atoms with Crippen LogP contribution < -0.4 is 5.32 Å². The summed E-state index contributed by atoms with van der Waals surface area (Å²) in [5.74, 6) is 3.56. The van der Waals surface area contributed by atoms with Crippen LogP contribution in [0.15, 0.2) is 0 Å². The number of ketones is 1. The zero-order chi connectivity index (χ0) is 8.97. The van der Waals surface area contributed by atoms with Gasteiger partial charge >= 0.3 is 0 Å². The Morgan fingerprint density at radius 2 is 2.42 bits per heavy atom. The van der Waals surface area contributed by atoms with Crippen molar-refractivity contribution in [2.75, 3.05) is 13.1 Å². The van der Waals surface area contributed by atoms with E-state index in [9.17, 15) is 4.79 Å². The molecule has 1 aliphatic rings. The van der Waals surface area contributed by atoms with E-state index < -0.39 is 0 Å². The van der Waals surface area contributed by atoms with Gasteiger partial charge in [-0.3, -0.25) is 4.79 Å². The number of nitrogens with one attached hydrogen (secondary N) is 1. The van der Waals surface area contributed by atoms with Crippen LogP contribution in [0.3, 0.4) is 0 Å². The van der Waals surface area contributed by atoms with Crippen molar-refractivity contribution >= 4 is 5.78 Å². The second-order valence-corrected chi connectivity index (χ2v) is 3.38. The summed E-state index contributed by atoms with van der Waals surface area (Å²) in [6.07, 6.45) is 6.22. The van der Waals surface area contributed by atoms with Crippen LogP contribution in [0.5, 0.6) is 0 Å². The molecule has 1 aliphatic heterocycles. The summed E-state index contributed by atoms with van der Waals surface area (Å²) in [7, 11) is 0. The molecule has 1 heterocycles. The summed E-state index contributed by atoms with van der Waals surface area (Å²) in [4.78, 5) is 11.4. The Labute approximate surface area is 73.7 Å². The lowest BCUT2D eigenvalue weighted by Gasteiger charge is -2.31. The zero-order valence-corrected chi connectivity index (χ0v) is 7.47. The van der Waals surface area contributed by atoms with Crippen molar-refractivity contribution < 1.29 is 4.79 Å². The summed E-state index contributed by atoms with van der Waals surface area (Å²) in [6, 6.07) is 0. The highest BCUT2D eigenvalue weighted by atomic mass is 16.1. The Morgan fingerprint density at radius 1 is 1.75 bits per heavy atom. The fourth-order valence-corrected chi connectivity index (χ4v) is 1.35. The number of terminal acetylenes is 1. The van der Waals surface area contributed by atoms with E-state index in [1.807, 2.05) is 6.92 Å². The van der Waals surface area contributed by atoms with Crippen LogP contribution in [0, 0.1) is 24.2 Å². The Bertz CT molecular complexity index is 200. The molecule has 0 spiro atoms. The van der Waals surface area contributed by atoms with Crippen molar-refractivity contribution in [2.45, 2.75) is 19.8 Å². The SMILES string of the molecule is C#CCCC(=O)C(C)C1CNC1. The van der Waals surface area contributed by atoms with Crippen molar-refractivity contribution in [3.05, 3.63) is 0 Å². The number of hydrogen-bond acceptors (Lipinski definition) is 2. The number of hydrogen-bond donors (Lipinski definition) is 1. The minimum Gasteiger partial charge on any atom is -0.316 e. The van der Waals surface area contributed by atoms with Crippen LogP contribution in [0.4, 0.5) is 0 Å². The topological polar surface area (TPSA) is 29.1 Å². The van der Waals surface area contributed by atoms with Gasteiger partial charge in [0, 0.05) is 18.8 Å². The molecule has 1 saturated heterocycles. The van der Waals surface area contributed by atoms with Crippen LogP contribution in [-0.2, 0) is 4.79 Å². The van der Waals surface area contributed by atoms with Gasteiger partial charge in [-0.25, -0.2) is 0 Å². The third-order valence-electron chi connectivity index (χ3n) is 2.54. The Kier molecular flexibility index (Phi) is 3.31. The first-order valence-electron chi connectivity index (χ1n) is 4.42. The number of rotatable bonds is 4. The maximum atomic E-state index is 11.4. The van der Waals surface area contributed by atoms with Crippen LogP contribution in [-0.4, -0.2) is 18.9 Å². The average molecular weight is 165 g/mol. The molecule has 0 saturated carbocycles. The van der Waals surface area contributed by atoms with Crippen molar-refractivity contribution in [1.82, 2.24) is 5.32 Å². The minimum absolute atomic E-state index is 0.194. The standard InChI is InChI=1S/C10H15NO/c1-3-4-5-10(12)8(2)9-6-11-7-9/h1,8-9,11H,4-7H2,2H3. The molecule has 0 bridgehead atoms. The number of carbonyl (C=O) groups excluding carboxylic acids is 1. The van der Waals surface area contributed by atoms with Gasteiger partial charge in [0.25, 0.3) is 0 Å². The van der Waals surface area contributed by atoms with Gasteiger partial charge in [-0.1, -0.05) is 6.92 Å². The predicted molar refractivity (Wildman–Crippen MR) is 48.6 cm³/mol. The Hall–Kier alpha value is -0.810. The summed E-state index contributed by atoms with van der Waals surface area (Å²) >= 11 is 0. The summed E-state index contributed by atoms with van der Waals surface area (Å²) < 4.78 is 0. The molecular weight excluding hydrogens is 150 g/mol. The smallest absolute Gasteiger partial charge is 0.137 e. The van der Waals surface area contributed by atoms with Gasteiger partial charge in [0.15, 0.2) is 0 Å². The molecule has 1 fully saturated rings. The third-order valence-corrected chi connectivity index (χ3v) is 2.54. The van der Waals surface area contributed by atoms with Gasteiger partial charge in [-0.05, 0) is 19.0 Å². The van der Waals surface area contributed by atoms with Gasteiger partial charge in [0.05, 0.1) is 0 Å². The normalized spacial score (nSPS) is 19.3. The second-order valence-electron chi connectivity index (χ2n) is 3.38. The van der Waals surface area contributed by atoms with Crippen LogP contribution >= 0.6 is 0 Å². The van der Waals surface area contributed by atoms with Crippen molar-refractivity contribution in [3.63, 3.8) is 0 Å². The Balaban J connectivity index is 2.26. The van der Waals surface area contributed by atoms with Gasteiger partial charge < -0.3 is 5.32 Å². The molecule has 0 radical (unpaired) electrons. The highest BCUT2D eigenvalue weighted by Crippen LogP contribution is 2.18. The van der Waals surface area contributed by atoms with E-state index in [1.165, 1.54) is 0 Å². The van der Waals surface area contributed by atoms with E-state index in [1.54, 1.807) is 0 Å². The van der Waals surface area contributed by atoms with Gasteiger partial charge in [0.1, 0.15) is 5.78 Å². The zero-order valence-electron chi connectivity index (χ0n) is 7.47. The van der Waals surface area contributed by atoms with Crippen molar-refractivity contribution in [2.24, 2.45) is 11.8 Å². The first kappa shape index (κ1) is 9.28. The molecule has 1 unspecified atom stereocenters. The second kappa shape index (κ2) is 4.27. The van der Waals surface area contributed by atoms with Crippen LogP contribution in [0.2, 0.25) is 0 Å². The van der Waals surface area contributed by atoms with E-state index in [0.717, 1.165) is 13.1 Å². The molecule has 0 aromatic heterocycles. The van der Waals surface area contributed by atoms with Gasteiger partial charge in [-0.15, -0.1) is 12.3 Å². The molecule has 2 heteroatoms. The highest BCUT2D eigenvalue weighted by Gasteiger charge is 2.27. The molecule has 12 heavy (non-hydrogen) atoms. The minimum atomic E-state index is 0.194. The van der Waals surface area contributed by atoms with Crippen molar-refractivity contribution in [3.8, 4) is 12.3 Å². The van der Waals surface area contributed by atoms with E-state index in [2.05, 4.69) is 11.2 Å². The molecule has 0 aliphatic carbocycles. The molecule has 0 amide bonds. The largest absolute Gasteiger partial charge is 0.316 e. The van der Waals surface area contributed by atoms with Crippen LogP contribution in [0.1, 0.15) is 19.8 Å². The highest BCUT2D eigenvalue weighted by molar-refractivity contribution is 5.81. The van der Waals surface area contributed by atoms with Crippen molar-refractivity contribution in [1.29, 1.82) is 0 Å². The lowest BCUT2D eigenvalue weighted by molar-refractivity contribution is -0.124. The first-order chi connectivity index (χ1) is 5.75. The monoisotopic (exact) mass is 165 g/mol. The van der Waals surface area contributed by atoms with Crippen LogP contribution in [0.25, 0.3) is 0 Å². The molecule has 1 N–H and O–H groups in total. The molecular formula is C10H15NO. The summed E-state index contributed by atoms with van der Waals surface area (Å²) in [6.45, 7) is 3.98. The summed E-state index contributed by atoms with van der Waals surface area (Å²) in [5.41, 5.74) is 0.